The summed E-state index contributed by atoms with van der Waals surface area (Å²) in [5, 5.41) is 4.95. The average Bonchev–Trinajstić information content (AvgIpc) is 2.74. The number of ether oxygens (including phenoxy) is 1. The second-order valence-corrected chi connectivity index (χ2v) is 5.98. The smallest absolute Gasteiger partial charge is 0.257 e. The Bertz CT molecular complexity index is 509. The van der Waals surface area contributed by atoms with Crippen molar-refractivity contribution in [3.05, 3.63) is 12.0 Å². The number of rotatable bonds is 3. The van der Waals surface area contributed by atoms with E-state index in [2.05, 4.69) is 4.98 Å². The van der Waals surface area contributed by atoms with Crippen molar-refractivity contribution in [2.45, 2.75) is 50.5 Å². The maximum Gasteiger partial charge on any atom is 0.257 e. The van der Waals surface area contributed by atoms with E-state index in [1.54, 1.807) is 11.5 Å². The largest absolute Gasteiger partial charge is 0.373 e. The Labute approximate surface area is 101 Å². The molecule has 0 radical (unpaired) electrons. The third-order valence-corrected chi connectivity index (χ3v) is 3.75. The summed E-state index contributed by atoms with van der Waals surface area (Å²) in [6.45, 7) is 4.42. The molecule has 7 heteroatoms. The predicted octanol–water partition coefficient (Wildman–Crippen LogP) is 0.406. The van der Waals surface area contributed by atoms with Gasteiger partial charge < -0.3 is 9.30 Å². The van der Waals surface area contributed by atoms with E-state index in [0.29, 0.717) is 12.4 Å². The third-order valence-electron chi connectivity index (χ3n) is 2.97. The van der Waals surface area contributed by atoms with Gasteiger partial charge in [-0.05, 0) is 26.7 Å². The minimum atomic E-state index is -3.72. The lowest BCUT2D eigenvalue weighted by molar-refractivity contribution is 0.0454. The lowest BCUT2D eigenvalue weighted by Crippen LogP contribution is -2.17. The zero-order valence-electron chi connectivity index (χ0n) is 9.96. The normalized spacial score (nSPS) is 25.4. The minimum Gasteiger partial charge on any atom is -0.373 e. The number of nitrogens with two attached hydrogens (primary N) is 1. The molecular formula is C10H17N3O3S. The summed E-state index contributed by atoms with van der Waals surface area (Å²) in [6, 6.07) is 0. The van der Waals surface area contributed by atoms with Crippen LogP contribution in [0.25, 0.3) is 0 Å². The predicted molar refractivity (Wildman–Crippen MR) is 61.9 cm³/mol. The number of aryl methyl sites for hydroxylation is 1. The van der Waals surface area contributed by atoms with Gasteiger partial charge in [-0.2, -0.15) is 0 Å². The molecule has 1 aromatic rings. The molecule has 1 aromatic heterocycles. The Hall–Kier alpha value is -0.920. The second kappa shape index (κ2) is 4.40. The van der Waals surface area contributed by atoms with Gasteiger partial charge in [-0.1, -0.05) is 0 Å². The van der Waals surface area contributed by atoms with Crippen LogP contribution in [-0.2, 0) is 21.3 Å². The molecule has 2 atom stereocenters. The van der Waals surface area contributed by atoms with Gasteiger partial charge in [0, 0.05) is 6.20 Å². The summed E-state index contributed by atoms with van der Waals surface area (Å²) in [6.07, 6.45) is 3.91. The molecule has 96 valence electrons. The molecule has 0 aliphatic carbocycles. The molecule has 2 N–H and O–H groups in total. The molecule has 2 unspecified atom stereocenters. The molecule has 0 saturated carbocycles. The van der Waals surface area contributed by atoms with E-state index in [1.807, 2.05) is 6.92 Å². The van der Waals surface area contributed by atoms with Crippen molar-refractivity contribution < 1.29 is 13.2 Å². The second-order valence-electron chi connectivity index (χ2n) is 4.47. The number of primary sulfonamides is 1. The topological polar surface area (TPSA) is 87.2 Å². The third kappa shape index (κ3) is 2.85. The number of aromatic nitrogens is 2. The van der Waals surface area contributed by atoms with Crippen LogP contribution in [0.5, 0.6) is 0 Å². The molecule has 0 amide bonds. The highest BCUT2D eigenvalue weighted by Gasteiger charge is 2.23. The van der Waals surface area contributed by atoms with Gasteiger partial charge in [0.25, 0.3) is 10.0 Å². The molecule has 1 saturated heterocycles. The van der Waals surface area contributed by atoms with Crippen LogP contribution in [0.2, 0.25) is 0 Å². The summed E-state index contributed by atoms with van der Waals surface area (Å²) >= 11 is 0. The van der Waals surface area contributed by atoms with Crippen molar-refractivity contribution in [3.8, 4) is 0 Å². The maximum atomic E-state index is 11.2. The first-order chi connectivity index (χ1) is 7.86. The fourth-order valence-corrected chi connectivity index (χ4v) is 2.57. The van der Waals surface area contributed by atoms with E-state index >= 15 is 0 Å². The fraction of sp³-hybridized carbons (Fsp3) is 0.700. The van der Waals surface area contributed by atoms with Crippen molar-refractivity contribution in [2.24, 2.45) is 5.14 Å². The Kier molecular flexibility index (Phi) is 3.24. The summed E-state index contributed by atoms with van der Waals surface area (Å²) < 4.78 is 29.8. The number of imidazole rings is 1. The quantitative estimate of drug-likeness (QED) is 0.851. The zero-order chi connectivity index (χ0) is 12.6. The SMILES string of the molecule is Cc1nc(S(N)(=O)=O)cn1CC1CCC(C)O1. The van der Waals surface area contributed by atoms with Crippen LogP contribution in [0.15, 0.2) is 11.2 Å². The zero-order valence-corrected chi connectivity index (χ0v) is 10.8. The van der Waals surface area contributed by atoms with E-state index in [4.69, 9.17) is 9.88 Å². The average molecular weight is 259 g/mol. The molecule has 1 fully saturated rings. The van der Waals surface area contributed by atoms with E-state index in [9.17, 15) is 8.42 Å². The number of nitrogens with zero attached hydrogens (tertiary/aromatic N) is 2. The summed E-state index contributed by atoms with van der Waals surface area (Å²) in [4.78, 5) is 3.94. The number of hydrogen-bond acceptors (Lipinski definition) is 4. The monoisotopic (exact) mass is 259 g/mol. The molecule has 2 rings (SSSR count). The molecule has 1 aliphatic heterocycles. The van der Waals surface area contributed by atoms with Crippen LogP contribution in [0, 0.1) is 6.92 Å². The first-order valence-corrected chi connectivity index (χ1v) is 7.13. The highest BCUT2D eigenvalue weighted by atomic mass is 32.2. The van der Waals surface area contributed by atoms with Gasteiger partial charge in [0.1, 0.15) is 5.82 Å². The van der Waals surface area contributed by atoms with Gasteiger partial charge in [-0.3, -0.25) is 0 Å². The van der Waals surface area contributed by atoms with E-state index in [1.165, 1.54) is 6.20 Å². The van der Waals surface area contributed by atoms with Crippen molar-refractivity contribution >= 4 is 10.0 Å². The van der Waals surface area contributed by atoms with Crippen molar-refractivity contribution in [3.63, 3.8) is 0 Å². The van der Waals surface area contributed by atoms with E-state index in [0.717, 1.165) is 12.8 Å². The lowest BCUT2D eigenvalue weighted by atomic mass is 10.2. The first-order valence-electron chi connectivity index (χ1n) is 5.58. The molecule has 0 aromatic carbocycles. The van der Waals surface area contributed by atoms with Crippen molar-refractivity contribution in [2.75, 3.05) is 0 Å². The summed E-state index contributed by atoms with van der Waals surface area (Å²) in [5.41, 5.74) is 0. The molecular weight excluding hydrogens is 242 g/mol. The van der Waals surface area contributed by atoms with Crippen molar-refractivity contribution in [1.29, 1.82) is 0 Å². The van der Waals surface area contributed by atoms with Gasteiger partial charge in [0.2, 0.25) is 0 Å². The van der Waals surface area contributed by atoms with Crippen LogP contribution in [0.4, 0.5) is 0 Å². The molecule has 0 bridgehead atoms. The van der Waals surface area contributed by atoms with Gasteiger partial charge >= 0.3 is 0 Å². The summed E-state index contributed by atoms with van der Waals surface area (Å²) in [7, 11) is -3.72. The molecule has 0 spiro atoms. The highest BCUT2D eigenvalue weighted by molar-refractivity contribution is 7.89. The Morgan fingerprint density at radius 2 is 2.29 bits per heavy atom. The minimum absolute atomic E-state index is 0.0824. The number of sulfonamides is 1. The molecule has 1 aliphatic rings. The van der Waals surface area contributed by atoms with Crippen molar-refractivity contribution in [1.82, 2.24) is 9.55 Å². The Morgan fingerprint density at radius 3 is 2.76 bits per heavy atom. The van der Waals surface area contributed by atoms with Crippen LogP contribution in [0.3, 0.4) is 0 Å². The van der Waals surface area contributed by atoms with Crippen LogP contribution in [0.1, 0.15) is 25.6 Å². The van der Waals surface area contributed by atoms with Gasteiger partial charge in [-0.25, -0.2) is 18.5 Å². The summed E-state index contributed by atoms with van der Waals surface area (Å²) in [5.74, 6) is 0.636. The Balaban J connectivity index is 2.14. The fourth-order valence-electron chi connectivity index (χ4n) is 2.04. The first kappa shape index (κ1) is 12.5. The Morgan fingerprint density at radius 1 is 1.59 bits per heavy atom. The van der Waals surface area contributed by atoms with Gasteiger partial charge in [0.15, 0.2) is 5.03 Å². The molecule has 2 heterocycles. The van der Waals surface area contributed by atoms with E-state index in [-0.39, 0.29) is 17.2 Å². The number of hydrogen-bond donors (Lipinski definition) is 1. The maximum absolute atomic E-state index is 11.2. The molecule has 17 heavy (non-hydrogen) atoms. The molecule has 6 nitrogen and oxygen atoms in total. The van der Waals surface area contributed by atoms with E-state index < -0.39 is 10.0 Å². The standard InChI is InChI=1S/C10H17N3O3S/c1-7-3-4-9(16-7)5-13-6-10(12-8(13)2)17(11,14)15/h6-7,9H,3-5H2,1-2H3,(H2,11,14,15). The lowest BCUT2D eigenvalue weighted by Gasteiger charge is -2.12. The highest BCUT2D eigenvalue weighted by Crippen LogP contribution is 2.21. The van der Waals surface area contributed by atoms with Crippen LogP contribution >= 0.6 is 0 Å². The van der Waals surface area contributed by atoms with Gasteiger partial charge in [-0.15, -0.1) is 0 Å². The van der Waals surface area contributed by atoms with Crippen LogP contribution < -0.4 is 5.14 Å². The van der Waals surface area contributed by atoms with Gasteiger partial charge in [0.05, 0.1) is 18.8 Å². The van der Waals surface area contributed by atoms with Crippen LogP contribution in [-0.4, -0.2) is 30.2 Å².